The van der Waals surface area contributed by atoms with Crippen molar-refractivity contribution in [2.75, 3.05) is 12.4 Å². The maximum absolute atomic E-state index is 13.5. The van der Waals surface area contributed by atoms with E-state index in [1.165, 1.54) is 0 Å². The van der Waals surface area contributed by atoms with E-state index >= 15 is 0 Å². The number of amides is 2. The third-order valence-electron chi connectivity index (χ3n) is 6.06. The van der Waals surface area contributed by atoms with E-state index in [2.05, 4.69) is 5.32 Å². The zero-order valence-corrected chi connectivity index (χ0v) is 21.0. The molecule has 184 valence electrons. The van der Waals surface area contributed by atoms with Crippen molar-refractivity contribution >= 4 is 11.7 Å². The number of para-hydroxylation sites is 1. The molecule has 5 nitrogen and oxygen atoms in total. The Morgan fingerprint density at radius 1 is 0.722 bits per heavy atom. The average Bonchev–Trinajstić information content (AvgIpc) is 2.90. The van der Waals surface area contributed by atoms with Crippen molar-refractivity contribution in [2.24, 2.45) is 0 Å². The van der Waals surface area contributed by atoms with E-state index in [0.29, 0.717) is 31.2 Å². The summed E-state index contributed by atoms with van der Waals surface area (Å²) in [6, 6.07) is 31.7. The molecule has 4 aromatic carbocycles. The number of carbonyl (C=O) groups is 1. The lowest BCUT2D eigenvalue weighted by molar-refractivity contribution is 0.206. The molecule has 0 aliphatic carbocycles. The molecule has 0 aliphatic heterocycles. The maximum Gasteiger partial charge on any atom is 0.322 e. The second kappa shape index (κ2) is 11.9. The highest BCUT2D eigenvalue weighted by Crippen LogP contribution is 2.30. The zero-order chi connectivity index (χ0) is 25.3. The van der Waals surface area contributed by atoms with E-state index in [0.717, 1.165) is 33.5 Å². The van der Waals surface area contributed by atoms with Gasteiger partial charge in [-0.15, -0.1) is 0 Å². The number of rotatable bonds is 9. The van der Waals surface area contributed by atoms with Crippen molar-refractivity contribution in [1.82, 2.24) is 4.90 Å². The van der Waals surface area contributed by atoms with Crippen LogP contribution in [0.1, 0.15) is 27.8 Å². The van der Waals surface area contributed by atoms with Gasteiger partial charge in [-0.1, -0.05) is 84.9 Å². The highest BCUT2D eigenvalue weighted by atomic mass is 16.5. The summed E-state index contributed by atoms with van der Waals surface area (Å²) in [5, 5.41) is 3.13. The molecule has 36 heavy (non-hydrogen) atoms. The van der Waals surface area contributed by atoms with Gasteiger partial charge in [0.15, 0.2) is 11.5 Å². The van der Waals surface area contributed by atoms with Gasteiger partial charge in [0.25, 0.3) is 0 Å². The molecule has 4 aromatic rings. The van der Waals surface area contributed by atoms with Crippen LogP contribution in [0.5, 0.6) is 11.5 Å². The molecule has 0 fully saturated rings. The molecule has 0 atom stereocenters. The number of urea groups is 1. The van der Waals surface area contributed by atoms with Gasteiger partial charge in [-0.3, -0.25) is 0 Å². The predicted octanol–water partition coefficient (Wildman–Crippen LogP) is 7.13. The van der Waals surface area contributed by atoms with Crippen molar-refractivity contribution in [1.29, 1.82) is 0 Å². The van der Waals surface area contributed by atoms with Crippen LogP contribution >= 0.6 is 0 Å². The summed E-state index contributed by atoms with van der Waals surface area (Å²) >= 11 is 0. The van der Waals surface area contributed by atoms with Crippen LogP contribution in [0.15, 0.2) is 97.1 Å². The van der Waals surface area contributed by atoms with Crippen LogP contribution in [-0.2, 0) is 19.7 Å². The minimum absolute atomic E-state index is 0.154. The number of hydrogen-bond acceptors (Lipinski definition) is 3. The molecule has 0 bridgehead atoms. The van der Waals surface area contributed by atoms with Gasteiger partial charge in [-0.2, -0.15) is 0 Å². The first-order valence-corrected chi connectivity index (χ1v) is 12.0. The molecule has 0 aromatic heterocycles. The number of aryl methyl sites for hydroxylation is 2. The summed E-state index contributed by atoms with van der Waals surface area (Å²) in [6.45, 7) is 5.33. The van der Waals surface area contributed by atoms with Gasteiger partial charge in [-0.05, 0) is 53.8 Å². The third kappa shape index (κ3) is 6.45. The van der Waals surface area contributed by atoms with Gasteiger partial charge in [0.05, 0.1) is 7.11 Å². The van der Waals surface area contributed by atoms with Crippen LogP contribution in [0.2, 0.25) is 0 Å². The summed E-state index contributed by atoms with van der Waals surface area (Å²) in [5.41, 5.74) is 5.99. The predicted molar refractivity (Wildman–Crippen MR) is 144 cm³/mol. The standard InChI is InChI=1S/C31H32N2O3/c1-23-11-10-12-24(2)30(23)32-31(34)33(20-25-13-6-4-7-14-25)21-27-17-18-28(35-3)29(19-27)36-22-26-15-8-5-9-16-26/h4-19H,20-22H2,1-3H3,(H,32,34). The minimum Gasteiger partial charge on any atom is -0.493 e. The molecule has 0 radical (unpaired) electrons. The molecule has 0 saturated heterocycles. The van der Waals surface area contributed by atoms with Crippen LogP contribution in [0.3, 0.4) is 0 Å². The van der Waals surface area contributed by atoms with Gasteiger partial charge in [0.1, 0.15) is 6.61 Å². The quantitative estimate of drug-likeness (QED) is 0.277. The van der Waals surface area contributed by atoms with E-state index in [4.69, 9.17) is 9.47 Å². The highest BCUT2D eigenvalue weighted by molar-refractivity contribution is 5.91. The molecular formula is C31H32N2O3. The molecule has 0 spiro atoms. The first-order valence-electron chi connectivity index (χ1n) is 12.0. The topological polar surface area (TPSA) is 50.8 Å². The lowest BCUT2D eigenvalue weighted by Gasteiger charge is -2.25. The van der Waals surface area contributed by atoms with Crippen molar-refractivity contribution in [3.05, 3.63) is 125 Å². The van der Waals surface area contributed by atoms with E-state index in [-0.39, 0.29) is 6.03 Å². The molecule has 0 aliphatic rings. The maximum atomic E-state index is 13.5. The first kappa shape index (κ1) is 24.9. The Morgan fingerprint density at radius 2 is 1.33 bits per heavy atom. The highest BCUT2D eigenvalue weighted by Gasteiger charge is 2.18. The second-order valence-corrected chi connectivity index (χ2v) is 8.80. The zero-order valence-electron chi connectivity index (χ0n) is 21.0. The van der Waals surface area contributed by atoms with E-state index in [1.54, 1.807) is 7.11 Å². The number of nitrogens with one attached hydrogen (secondary N) is 1. The van der Waals surface area contributed by atoms with Crippen LogP contribution in [-0.4, -0.2) is 18.0 Å². The van der Waals surface area contributed by atoms with Gasteiger partial charge in [-0.25, -0.2) is 4.79 Å². The Hall–Kier alpha value is -4.25. The van der Waals surface area contributed by atoms with Crippen LogP contribution < -0.4 is 14.8 Å². The van der Waals surface area contributed by atoms with Crippen LogP contribution in [0.25, 0.3) is 0 Å². The van der Waals surface area contributed by atoms with Crippen molar-refractivity contribution in [2.45, 2.75) is 33.5 Å². The molecule has 2 amide bonds. The second-order valence-electron chi connectivity index (χ2n) is 8.80. The Bertz CT molecular complexity index is 1270. The van der Waals surface area contributed by atoms with Crippen LogP contribution in [0.4, 0.5) is 10.5 Å². The molecule has 0 saturated carbocycles. The first-order chi connectivity index (χ1) is 17.5. The Labute approximate surface area is 213 Å². The van der Waals surface area contributed by atoms with Crippen molar-refractivity contribution < 1.29 is 14.3 Å². The van der Waals surface area contributed by atoms with Crippen molar-refractivity contribution in [3.8, 4) is 11.5 Å². The molecular weight excluding hydrogens is 448 g/mol. The van der Waals surface area contributed by atoms with E-state index in [9.17, 15) is 4.79 Å². The van der Waals surface area contributed by atoms with E-state index in [1.807, 2.05) is 116 Å². The summed E-state index contributed by atoms with van der Waals surface area (Å²) < 4.78 is 11.6. The average molecular weight is 481 g/mol. The lowest BCUT2D eigenvalue weighted by Crippen LogP contribution is -2.34. The fourth-order valence-electron chi connectivity index (χ4n) is 4.09. The SMILES string of the molecule is COc1ccc(CN(Cc2ccccc2)C(=O)Nc2c(C)cccc2C)cc1OCc1ccccc1. The van der Waals surface area contributed by atoms with Gasteiger partial charge < -0.3 is 19.7 Å². The van der Waals surface area contributed by atoms with Gasteiger partial charge in [0, 0.05) is 18.8 Å². The Balaban J connectivity index is 1.57. The third-order valence-corrected chi connectivity index (χ3v) is 6.06. The number of nitrogens with zero attached hydrogens (tertiary/aromatic N) is 1. The molecule has 4 rings (SSSR count). The normalized spacial score (nSPS) is 10.5. The fraction of sp³-hybridized carbons (Fsp3) is 0.194. The summed E-state index contributed by atoms with van der Waals surface area (Å²) in [6.07, 6.45) is 0. The van der Waals surface area contributed by atoms with Crippen molar-refractivity contribution in [3.63, 3.8) is 0 Å². The number of ether oxygens (including phenoxy) is 2. The number of anilines is 1. The van der Waals surface area contributed by atoms with Crippen LogP contribution in [0, 0.1) is 13.8 Å². The monoisotopic (exact) mass is 480 g/mol. The van der Waals surface area contributed by atoms with E-state index < -0.39 is 0 Å². The fourth-order valence-corrected chi connectivity index (χ4v) is 4.09. The summed E-state index contributed by atoms with van der Waals surface area (Å²) in [7, 11) is 1.63. The minimum atomic E-state index is -0.154. The number of methoxy groups -OCH3 is 1. The molecule has 5 heteroatoms. The smallest absolute Gasteiger partial charge is 0.322 e. The lowest BCUT2D eigenvalue weighted by atomic mass is 10.1. The Morgan fingerprint density at radius 3 is 1.97 bits per heavy atom. The molecule has 1 N–H and O–H groups in total. The number of carbonyl (C=O) groups excluding carboxylic acids is 1. The molecule has 0 heterocycles. The molecule has 0 unspecified atom stereocenters. The Kier molecular flexibility index (Phi) is 8.24. The number of benzene rings is 4. The van der Waals surface area contributed by atoms with Gasteiger partial charge >= 0.3 is 6.03 Å². The summed E-state index contributed by atoms with van der Waals surface area (Å²) in [5.74, 6) is 1.30. The largest absolute Gasteiger partial charge is 0.493 e. The summed E-state index contributed by atoms with van der Waals surface area (Å²) in [4.78, 5) is 15.3. The van der Waals surface area contributed by atoms with Gasteiger partial charge in [0.2, 0.25) is 0 Å². The number of hydrogen-bond donors (Lipinski definition) is 1.